The van der Waals surface area contributed by atoms with E-state index in [9.17, 15) is 4.79 Å². The van der Waals surface area contributed by atoms with Crippen LogP contribution >= 0.6 is 0 Å². The Morgan fingerprint density at radius 1 is 0.912 bits per heavy atom. The number of benzene rings is 3. The van der Waals surface area contributed by atoms with Gasteiger partial charge in [-0.15, -0.1) is 0 Å². The summed E-state index contributed by atoms with van der Waals surface area (Å²) in [6.45, 7) is 1.70. The highest BCUT2D eigenvalue weighted by Gasteiger charge is 2.11. The minimum atomic E-state index is -0.137. The van der Waals surface area contributed by atoms with Crippen molar-refractivity contribution in [2.45, 2.75) is 19.4 Å². The van der Waals surface area contributed by atoms with E-state index in [-0.39, 0.29) is 12.5 Å². The van der Waals surface area contributed by atoms with Crippen LogP contribution in [0, 0.1) is 0 Å². The molecule has 0 aliphatic carbocycles. The highest BCUT2D eigenvalue weighted by Crippen LogP contribution is 2.26. The molecule has 34 heavy (non-hydrogen) atoms. The number of aryl methyl sites for hydroxylation is 1. The smallest absolute Gasteiger partial charge is 0.257 e. The fourth-order valence-corrected chi connectivity index (χ4v) is 3.74. The van der Waals surface area contributed by atoms with Crippen LogP contribution in [0.2, 0.25) is 0 Å². The lowest BCUT2D eigenvalue weighted by Crippen LogP contribution is -2.30. The van der Waals surface area contributed by atoms with Crippen molar-refractivity contribution in [2.75, 3.05) is 26.9 Å². The Labute approximate surface area is 199 Å². The highest BCUT2D eigenvalue weighted by molar-refractivity contribution is 5.77. The minimum Gasteiger partial charge on any atom is -0.493 e. The summed E-state index contributed by atoms with van der Waals surface area (Å²) in [7, 11) is 1.64. The topological polar surface area (TPSA) is 74.6 Å². The fraction of sp³-hybridized carbons (Fsp3) is 0.259. The van der Waals surface area contributed by atoms with Crippen LogP contribution in [0.5, 0.6) is 17.2 Å². The van der Waals surface area contributed by atoms with Crippen molar-refractivity contribution in [3.63, 3.8) is 0 Å². The maximum absolute atomic E-state index is 12.1. The number of amides is 1. The number of fused-ring (bicyclic) bond motifs is 1. The second-order valence-corrected chi connectivity index (χ2v) is 7.72. The van der Waals surface area contributed by atoms with E-state index in [0.29, 0.717) is 31.2 Å². The molecule has 1 amide bonds. The van der Waals surface area contributed by atoms with Crippen molar-refractivity contribution in [3.05, 3.63) is 84.7 Å². The summed E-state index contributed by atoms with van der Waals surface area (Å²) in [5, 5.41) is 2.91. The number of methoxy groups -OCH3 is 1. The lowest BCUT2D eigenvalue weighted by molar-refractivity contribution is -0.123. The molecule has 0 bridgehead atoms. The summed E-state index contributed by atoms with van der Waals surface area (Å²) in [6.07, 6.45) is 1.51. The minimum absolute atomic E-state index is 0.00279. The van der Waals surface area contributed by atoms with Crippen LogP contribution in [-0.4, -0.2) is 42.3 Å². The number of aromatic nitrogens is 2. The largest absolute Gasteiger partial charge is 0.493 e. The Hall–Kier alpha value is -4.00. The Morgan fingerprint density at radius 3 is 2.47 bits per heavy atom. The molecular formula is C27H29N3O4. The van der Waals surface area contributed by atoms with Crippen molar-refractivity contribution in [2.24, 2.45) is 0 Å². The zero-order chi connectivity index (χ0) is 23.6. The third-order valence-corrected chi connectivity index (χ3v) is 5.39. The van der Waals surface area contributed by atoms with Crippen molar-refractivity contribution in [1.29, 1.82) is 0 Å². The Bertz CT molecular complexity index is 1210. The van der Waals surface area contributed by atoms with Crippen LogP contribution in [0.4, 0.5) is 0 Å². The van der Waals surface area contributed by atoms with Crippen molar-refractivity contribution < 1.29 is 19.0 Å². The Kier molecular flexibility index (Phi) is 8.00. The van der Waals surface area contributed by atoms with E-state index in [2.05, 4.69) is 16.0 Å². The number of nitrogens with zero attached hydrogens (tertiary/aromatic N) is 2. The van der Waals surface area contributed by atoms with Gasteiger partial charge in [0.1, 0.15) is 18.2 Å². The lowest BCUT2D eigenvalue weighted by Gasteiger charge is -2.13. The molecule has 0 fully saturated rings. The van der Waals surface area contributed by atoms with Gasteiger partial charge >= 0.3 is 0 Å². The quantitative estimate of drug-likeness (QED) is 0.321. The van der Waals surface area contributed by atoms with Gasteiger partial charge in [0.15, 0.2) is 18.1 Å². The van der Waals surface area contributed by atoms with Gasteiger partial charge in [-0.25, -0.2) is 4.98 Å². The molecule has 176 valence electrons. The Balaban J connectivity index is 1.30. The molecule has 1 N–H and O–H groups in total. The fourth-order valence-electron chi connectivity index (χ4n) is 3.74. The molecule has 4 aromatic rings. The number of para-hydroxylation sites is 5. The van der Waals surface area contributed by atoms with Gasteiger partial charge in [-0.2, -0.15) is 0 Å². The second-order valence-electron chi connectivity index (χ2n) is 7.72. The van der Waals surface area contributed by atoms with Gasteiger partial charge < -0.3 is 24.1 Å². The van der Waals surface area contributed by atoms with Crippen molar-refractivity contribution >= 4 is 16.9 Å². The summed E-state index contributed by atoms with van der Waals surface area (Å²) >= 11 is 0. The summed E-state index contributed by atoms with van der Waals surface area (Å²) in [5.41, 5.74) is 2.02. The first-order valence-electron chi connectivity index (χ1n) is 11.4. The number of ether oxygens (including phenoxy) is 3. The van der Waals surface area contributed by atoms with Crippen LogP contribution in [0.1, 0.15) is 12.2 Å². The van der Waals surface area contributed by atoms with Gasteiger partial charge in [-0.3, -0.25) is 4.79 Å². The average Bonchev–Trinajstić information content (AvgIpc) is 3.23. The normalized spacial score (nSPS) is 10.7. The average molecular weight is 460 g/mol. The molecule has 0 radical (unpaired) electrons. The molecule has 3 aromatic carbocycles. The van der Waals surface area contributed by atoms with Gasteiger partial charge in [0.2, 0.25) is 0 Å². The summed E-state index contributed by atoms with van der Waals surface area (Å²) in [4.78, 5) is 16.9. The first-order valence-corrected chi connectivity index (χ1v) is 11.4. The van der Waals surface area contributed by atoms with E-state index < -0.39 is 0 Å². The first kappa shape index (κ1) is 23.2. The number of carbonyl (C=O) groups is 1. The molecule has 4 rings (SSSR count). The van der Waals surface area contributed by atoms with Gasteiger partial charge in [0.25, 0.3) is 5.91 Å². The SMILES string of the molecule is COc1ccccc1OCCn1c(CCCNC(=O)COc2ccccc2)nc2ccccc21. The lowest BCUT2D eigenvalue weighted by atomic mass is 10.3. The predicted octanol–water partition coefficient (Wildman–Crippen LogP) is 4.25. The molecule has 7 nitrogen and oxygen atoms in total. The molecule has 0 aliphatic heterocycles. The molecule has 1 aromatic heterocycles. The third-order valence-electron chi connectivity index (χ3n) is 5.39. The summed E-state index contributed by atoms with van der Waals surface area (Å²) < 4.78 is 19.0. The number of carbonyl (C=O) groups excluding carboxylic acids is 1. The summed E-state index contributed by atoms with van der Waals surface area (Å²) in [6, 6.07) is 25.0. The molecule has 0 aliphatic rings. The second kappa shape index (κ2) is 11.7. The molecule has 0 saturated carbocycles. The molecule has 0 unspecified atom stereocenters. The third kappa shape index (κ3) is 6.07. The monoisotopic (exact) mass is 459 g/mol. The van der Waals surface area contributed by atoms with Crippen molar-refractivity contribution in [3.8, 4) is 17.2 Å². The van der Waals surface area contributed by atoms with Crippen molar-refractivity contribution in [1.82, 2.24) is 14.9 Å². The van der Waals surface area contributed by atoms with Crippen LogP contribution < -0.4 is 19.5 Å². The van der Waals surface area contributed by atoms with Gasteiger partial charge in [-0.05, 0) is 42.8 Å². The molecule has 1 heterocycles. The van der Waals surface area contributed by atoms with E-state index in [1.54, 1.807) is 7.11 Å². The number of rotatable bonds is 12. The van der Waals surface area contributed by atoms with Crippen LogP contribution in [0.3, 0.4) is 0 Å². The van der Waals surface area contributed by atoms with E-state index in [0.717, 1.165) is 35.4 Å². The van der Waals surface area contributed by atoms with Gasteiger partial charge in [0.05, 0.1) is 24.7 Å². The molecule has 0 spiro atoms. The number of imidazole rings is 1. The number of hydrogen-bond acceptors (Lipinski definition) is 5. The van der Waals surface area contributed by atoms with Gasteiger partial charge in [0, 0.05) is 13.0 Å². The molecular weight excluding hydrogens is 430 g/mol. The predicted molar refractivity (Wildman–Crippen MR) is 131 cm³/mol. The standard InChI is InChI=1S/C27H29N3O4/c1-32-24-14-7-8-15-25(24)33-19-18-30-23-13-6-5-12-22(23)29-26(30)16-9-17-28-27(31)20-34-21-10-3-2-4-11-21/h2-8,10-15H,9,16-20H2,1H3,(H,28,31). The molecule has 7 heteroatoms. The number of hydrogen-bond donors (Lipinski definition) is 1. The van der Waals surface area contributed by atoms with Crippen LogP contribution in [0.25, 0.3) is 11.0 Å². The molecule has 0 atom stereocenters. The highest BCUT2D eigenvalue weighted by atomic mass is 16.5. The van der Waals surface area contributed by atoms with Crippen LogP contribution in [-0.2, 0) is 17.8 Å². The maximum atomic E-state index is 12.1. The summed E-state index contributed by atoms with van der Waals surface area (Å²) in [5.74, 6) is 2.95. The maximum Gasteiger partial charge on any atom is 0.257 e. The van der Waals surface area contributed by atoms with Crippen LogP contribution in [0.15, 0.2) is 78.9 Å². The number of nitrogens with one attached hydrogen (secondary N) is 1. The van der Waals surface area contributed by atoms with E-state index in [1.165, 1.54) is 0 Å². The Morgan fingerprint density at radius 2 is 1.65 bits per heavy atom. The van der Waals surface area contributed by atoms with E-state index >= 15 is 0 Å². The zero-order valence-corrected chi connectivity index (χ0v) is 19.3. The van der Waals surface area contributed by atoms with E-state index in [4.69, 9.17) is 19.2 Å². The van der Waals surface area contributed by atoms with E-state index in [1.807, 2.05) is 72.8 Å². The zero-order valence-electron chi connectivity index (χ0n) is 19.3. The first-order chi connectivity index (χ1) is 16.7. The molecule has 0 saturated heterocycles. The van der Waals surface area contributed by atoms with Gasteiger partial charge in [-0.1, -0.05) is 42.5 Å².